The molecule has 0 saturated carbocycles. The number of hydrogen-bond acceptors (Lipinski definition) is 1. The van der Waals surface area contributed by atoms with E-state index in [2.05, 4.69) is 88.9 Å². The fraction of sp³-hybridized carbons (Fsp3) is 0.476. The van der Waals surface area contributed by atoms with Gasteiger partial charge in [0.2, 0.25) is 0 Å². The molecule has 1 nitrogen and oxygen atoms in total. The van der Waals surface area contributed by atoms with Crippen LogP contribution < -0.4 is 5.19 Å². The van der Waals surface area contributed by atoms with Crippen LogP contribution in [0.2, 0.25) is 19.6 Å². The molecule has 0 spiro atoms. The van der Waals surface area contributed by atoms with Gasteiger partial charge in [0.25, 0.3) is 0 Å². The Labute approximate surface area is 195 Å². The Bertz CT molecular complexity index is 581. The zero-order valence-electron chi connectivity index (χ0n) is 18.1. The number of halogens is 2. The van der Waals surface area contributed by atoms with Crippen molar-refractivity contribution in [3.63, 3.8) is 0 Å². The van der Waals surface area contributed by atoms with Crippen LogP contribution >= 0.6 is 24.8 Å². The first-order valence-electron chi connectivity index (χ1n) is 8.61. The first-order chi connectivity index (χ1) is 11.3. The third-order valence-corrected chi connectivity index (χ3v) is 6.80. The van der Waals surface area contributed by atoms with Crippen LogP contribution in [0.4, 0.5) is 0 Å². The van der Waals surface area contributed by atoms with E-state index in [0.717, 1.165) is 28.3 Å². The van der Waals surface area contributed by atoms with Gasteiger partial charge in [0, 0.05) is 8.07 Å². The van der Waals surface area contributed by atoms with Gasteiger partial charge in [0.1, 0.15) is 5.75 Å². The summed E-state index contributed by atoms with van der Waals surface area (Å²) in [6.45, 7) is 19.2. The summed E-state index contributed by atoms with van der Waals surface area (Å²) in [5.41, 5.74) is 4.27. The minimum Gasteiger partial charge on any atom is -0.507 e. The zero-order valence-corrected chi connectivity index (χ0v) is 23.3. The first-order valence-corrected chi connectivity index (χ1v) is 13.4. The van der Waals surface area contributed by atoms with Crippen molar-refractivity contribution >= 4 is 52.1 Å². The molecular formula is C21H34Cl2OSi2Ti. The van der Waals surface area contributed by atoms with Crippen LogP contribution in [0, 0.1) is 33.8 Å². The van der Waals surface area contributed by atoms with Crippen molar-refractivity contribution in [3.8, 4) is 5.75 Å². The van der Waals surface area contributed by atoms with E-state index in [1.165, 1.54) is 14.6 Å². The van der Waals surface area contributed by atoms with E-state index in [4.69, 9.17) is 0 Å². The predicted octanol–water partition coefficient (Wildman–Crippen LogP) is 5.56. The van der Waals surface area contributed by atoms with E-state index < -0.39 is 8.07 Å². The summed E-state index contributed by atoms with van der Waals surface area (Å²) < 4.78 is 1.42. The topological polar surface area (TPSA) is 20.2 Å². The zero-order chi connectivity index (χ0) is 19.9. The van der Waals surface area contributed by atoms with Gasteiger partial charge in [-0.3, -0.25) is 6.08 Å². The Morgan fingerprint density at radius 3 is 1.74 bits per heavy atom. The van der Waals surface area contributed by atoms with Crippen molar-refractivity contribution in [2.75, 3.05) is 0 Å². The van der Waals surface area contributed by atoms with E-state index in [1.807, 2.05) is 20.8 Å². The molecule has 0 amide bonds. The van der Waals surface area contributed by atoms with Crippen LogP contribution in [0.3, 0.4) is 0 Å². The molecule has 0 heterocycles. The van der Waals surface area contributed by atoms with E-state index in [1.54, 1.807) is 0 Å². The maximum Gasteiger partial charge on any atom is 0.121 e. The number of rotatable bonds is 1. The van der Waals surface area contributed by atoms with Gasteiger partial charge in [0.15, 0.2) is 0 Å². The molecule has 1 aromatic carbocycles. The summed E-state index contributed by atoms with van der Waals surface area (Å²) in [4.78, 5) is 0. The van der Waals surface area contributed by atoms with Crippen molar-refractivity contribution in [2.24, 2.45) is 0 Å². The summed E-state index contributed by atoms with van der Waals surface area (Å²) in [7, 11) is 2.50. The number of benzene rings is 1. The Balaban J connectivity index is -0.000000343. The van der Waals surface area contributed by atoms with Gasteiger partial charge >= 0.3 is 37.6 Å². The van der Waals surface area contributed by atoms with Gasteiger partial charge in [-0.2, -0.15) is 6.08 Å². The maximum atomic E-state index is 9.66. The van der Waals surface area contributed by atoms with Gasteiger partial charge in [-0.1, -0.05) is 24.8 Å². The quantitative estimate of drug-likeness (QED) is 0.415. The second kappa shape index (κ2) is 14.1. The molecule has 0 aliphatic heterocycles. The molecule has 6 heteroatoms. The fourth-order valence-electron chi connectivity index (χ4n) is 2.25. The summed E-state index contributed by atoms with van der Waals surface area (Å²) in [6, 6.07) is 0. The molecule has 1 aromatic rings. The van der Waals surface area contributed by atoms with Crippen molar-refractivity contribution < 1.29 is 25.1 Å². The molecular weight excluding hydrogens is 443 g/mol. The molecule has 1 aliphatic rings. The molecule has 1 aliphatic carbocycles. The van der Waals surface area contributed by atoms with Crippen molar-refractivity contribution in [3.05, 3.63) is 45.7 Å². The van der Waals surface area contributed by atoms with Gasteiger partial charge in [-0.05, 0) is 49.9 Å². The minimum atomic E-state index is -1.01. The van der Waals surface area contributed by atoms with Gasteiger partial charge < -0.3 is 5.11 Å². The normalized spacial score (nSPS) is 11.8. The monoisotopic (exact) mass is 476 g/mol. The van der Waals surface area contributed by atoms with Crippen LogP contribution in [0.5, 0.6) is 5.75 Å². The second-order valence-corrected chi connectivity index (χ2v) is 14.8. The Morgan fingerprint density at radius 1 is 1.00 bits per heavy atom. The van der Waals surface area contributed by atoms with Crippen LogP contribution in [-0.2, 0) is 20.0 Å². The van der Waals surface area contributed by atoms with Crippen molar-refractivity contribution in [2.45, 2.75) is 67.6 Å². The smallest absolute Gasteiger partial charge is 0.121 e. The molecule has 27 heavy (non-hydrogen) atoms. The molecule has 1 N–H and O–H groups in total. The number of phenolic OH excluding ortho intramolecular Hbond substituents is 1. The van der Waals surface area contributed by atoms with Crippen molar-refractivity contribution in [1.82, 2.24) is 0 Å². The number of hydrogen-bond donors (Lipinski definition) is 1. The average molecular weight is 477 g/mol. The number of phenols is 1. The molecule has 3 radical (unpaired) electrons. The molecule has 0 aromatic heterocycles. The van der Waals surface area contributed by atoms with E-state index in [9.17, 15) is 5.11 Å². The largest absolute Gasteiger partial charge is 0.507 e. The molecule has 0 bridgehead atoms. The minimum absolute atomic E-state index is 0. The summed E-state index contributed by atoms with van der Waals surface area (Å²) in [5.74, 6) is 0.406. The molecule has 150 valence electrons. The molecule has 0 unspecified atom stereocenters. The van der Waals surface area contributed by atoms with Crippen LogP contribution in [-0.4, -0.2) is 27.2 Å². The SMILES string of the molecule is C[C](C)=[Ti+].C[Si](C)(C)C1=[C-]CC=C1.Cc1c(C)c(O)c(C)c([Si])c1C.Cl.Cl. The third kappa shape index (κ3) is 11.0. The first kappa shape index (κ1) is 31.8. The van der Waals surface area contributed by atoms with Gasteiger partial charge in [-0.25, -0.2) is 11.3 Å². The number of allylic oxidation sites excluding steroid dienone is 4. The molecule has 0 atom stereocenters. The van der Waals surface area contributed by atoms with Gasteiger partial charge in [-0.15, -0.1) is 31.2 Å². The third-order valence-electron chi connectivity index (χ3n) is 4.09. The molecule has 0 saturated heterocycles. The Morgan fingerprint density at radius 2 is 1.44 bits per heavy atom. The van der Waals surface area contributed by atoms with E-state index in [-0.39, 0.29) is 24.8 Å². The van der Waals surface area contributed by atoms with Crippen LogP contribution in [0.15, 0.2) is 17.3 Å². The molecule has 2 rings (SSSR count). The summed E-state index contributed by atoms with van der Waals surface area (Å²) in [6.07, 6.45) is 8.82. The standard InChI is InChI=1S/C10H13OSi.C8H13Si.C3H6.2ClH.Ti/c1-5-6(2)9(11)8(4)10(12)7(5)3;1-9(2,3)8-6-4-5-7-8;1-3-2;;;/h11H,1-4H3;4,6H,5H2,1-3H3;1-2H3;2*1H;/q;-1;;;;+1. The Hall–Kier alpha value is 0.0981. The van der Waals surface area contributed by atoms with Gasteiger partial charge in [0.05, 0.1) is 10.2 Å². The summed E-state index contributed by atoms with van der Waals surface area (Å²) >= 11 is 2.08. The number of aromatic hydroxyl groups is 1. The predicted molar refractivity (Wildman–Crippen MR) is 127 cm³/mol. The fourth-order valence-corrected chi connectivity index (χ4v) is 3.80. The van der Waals surface area contributed by atoms with Crippen molar-refractivity contribution in [1.29, 1.82) is 0 Å². The van der Waals surface area contributed by atoms with Crippen LogP contribution in [0.25, 0.3) is 0 Å². The van der Waals surface area contributed by atoms with E-state index in [0.29, 0.717) is 5.75 Å². The average Bonchev–Trinajstić information content (AvgIpc) is 3.04. The second-order valence-electron chi connectivity index (χ2n) is 7.67. The summed E-state index contributed by atoms with van der Waals surface area (Å²) in [5, 5.41) is 12.2. The molecule has 0 fully saturated rings. The van der Waals surface area contributed by atoms with Crippen LogP contribution in [0.1, 0.15) is 42.5 Å². The van der Waals surface area contributed by atoms with E-state index >= 15 is 0 Å². The Kier molecular flexibility index (Phi) is 16.6. The maximum absolute atomic E-state index is 9.66.